The minimum absolute atomic E-state index is 0.204. The number of hydrogen-bond donors (Lipinski definition) is 2. The molecule has 2 heterocycles. The molecule has 2 aromatic heterocycles. The molecule has 9 nitrogen and oxygen atoms in total. The fourth-order valence-electron chi connectivity index (χ4n) is 4.73. The highest BCUT2D eigenvalue weighted by Crippen LogP contribution is 2.35. The van der Waals surface area contributed by atoms with E-state index in [-0.39, 0.29) is 23.5 Å². The number of carbonyl (C=O) groups is 3. The molecule has 10 heteroatoms. The molecule has 0 fully saturated rings. The van der Waals surface area contributed by atoms with Crippen molar-refractivity contribution in [2.24, 2.45) is 0 Å². The maximum atomic E-state index is 13.1. The molecule has 0 aliphatic heterocycles. The van der Waals surface area contributed by atoms with Crippen LogP contribution in [-0.4, -0.2) is 38.0 Å². The minimum atomic E-state index is -0.580. The van der Waals surface area contributed by atoms with E-state index < -0.39 is 11.5 Å². The third kappa shape index (κ3) is 5.35. The highest BCUT2D eigenvalue weighted by Gasteiger charge is 2.29. The Morgan fingerprint density at radius 2 is 1.82 bits per heavy atom. The van der Waals surface area contributed by atoms with Crippen molar-refractivity contribution in [1.29, 1.82) is 0 Å². The number of aromatic nitrogens is 3. The molecule has 0 unspecified atom stereocenters. The lowest BCUT2D eigenvalue weighted by atomic mass is 9.97. The summed E-state index contributed by atoms with van der Waals surface area (Å²) in [6.45, 7) is 7.43. The Labute approximate surface area is 230 Å². The summed E-state index contributed by atoms with van der Waals surface area (Å²) in [6.07, 6.45) is 5.81. The van der Waals surface area contributed by atoms with E-state index in [1.54, 1.807) is 30.3 Å². The maximum absolute atomic E-state index is 13.1. The number of fused-ring (bicyclic) bond motifs is 2. The van der Waals surface area contributed by atoms with Gasteiger partial charge in [0.25, 0.3) is 11.8 Å². The van der Waals surface area contributed by atoms with E-state index in [0.717, 1.165) is 23.1 Å². The molecule has 5 rings (SSSR count). The normalized spacial score (nSPS) is 14.6. The molecule has 39 heavy (non-hydrogen) atoms. The molecule has 0 saturated heterocycles. The SMILES string of the molecule is Cc1c(C(=O)OC(C)(C)C)ccc2c1CC[C@@H]2NC(=O)c1cnc2c(C(=O)Nc3ccccc3Cl)cnn2c1. The van der Waals surface area contributed by atoms with Gasteiger partial charge in [-0.1, -0.05) is 29.8 Å². The molecule has 2 N–H and O–H groups in total. The molecule has 0 radical (unpaired) electrons. The lowest BCUT2D eigenvalue weighted by Gasteiger charge is -2.21. The second-order valence-electron chi connectivity index (χ2n) is 10.5. The Kier molecular flexibility index (Phi) is 6.86. The van der Waals surface area contributed by atoms with Gasteiger partial charge in [-0.15, -0.1) is 0 Å². The highest BCUT2D eigenvalue weighted by molar-refractivity contribution is 6.34. The van der Waals surface area contributed by atoms with Crippen LogP contribution in [0.5, 0.6) is 0 Å². The van der Waals surface area contributed by atoms with Gasteiger partial charge in [-0.3, -0.25) is 9.59 Å². The molecule has 1 aliphatic rings. The number of amides is 2. The van der Waals surface area contributed by atoms with Gasteiger partial charge in [0.15, 0.2) is 5.65 Å². The van der Waals surface area contributed by atoms with Gasteiger partial charge < -0.3 is 15.4 Å². The average molecular weight is 546 g/mol. The molecular formula is C29H28ClN5O4. The predicted octanol–water partition coefficient (Wildman–Crippen LogP) is 5.32. The zero-order chi connectivity index (χ0) is 27.9. The lowest BCUT2D eigenvalue weighted by molar-refractivity contribution is 0.00683. The Morgan fingerprint density at radius 1 is 1.05 bits per heavy atom. The number of para-hydroxylation sites is 1. The molecular weight excluding hydrogens is 518 g/mol. The first-order chi connectivity index (χ1) is 18.5. The zero-order valence-corrected chi connectivity index (χ0v) is 22.8. The highest BCUT2D eigenvalue weighted by atomic mass is 35.5. The number of esters is 1. The number of ether oxygens (including phenoxy) is 1. The first-order valence-corrected chi connectivity index (χ1v) is 13.0. The third-order valence-corrected chi connectivity index (χ3v) is 6.93. The van der Waals surface area contributed by atoms with Crippen molar-refractivity contribution < 1.29 is 19.1 Å². The van der Waals surface area contributed by atoms with E-state index in [9.17, 15) is 14.4 Å². The van der Waals surface area contributed by atoms with Crippen molar-refractivity contribution >= 4 is 40.7 Å². The molecule has 0 saturated carbocycles. The van der Waals surface area contributed by atoms with Crippen LogP contribution in [0.1, 0.15) is 81.0 Å². The van der Waals surface area contributed by atoms with Gasteiger partial charge in [0.1, 0.15) is 11.2 Å². The number of hydrogen-bond acceptors (Lipinski definition) is 6. The van der Waals surface area contributed by atoms with E-state index in [2.05, 4.69) is 20.7 Å². The molecule has 1 atom stereocenters. The molecule has 0 spiro atoms. The number of nitrogens with one attached hydrogen (secondary N) is 2. The van der Waals surface area contributed by atoms with Gasteiger partial charge in [-0.2, -0.15) is 5.10 Å². The van der Waals surface area contributed by atoms with Gasteiger partial charge in [0.05, 0.1) is 34.1 Å². The van der Waals surface area contributed by atoms with Crippen LogP contribution in [0, 0.1) is 6.92 Å². The quantitative estimate of drug-likeness (QED) is 0.328. The van der Waals surface area contributed by atoms with E-state index in [0.29, 0.717) is 33.9 Å². The first-order valence-electron chi connectivity index (χ1n) is 12.6. The molecule has 4 aromatic rings. The van der Waals surface area contributed by atoms with Gasteiger partial charge in [-0.05, 0) is 75.4 Å². The lowest BCUT2D eigenvalue weighted by Crippen LogP contribution is -2.28. The Balaban J connectivity index is 1.31. The molecule has 2 aromatic carbocycles. The van der Waals surface area contributed by atoms with Gasteiger partial charge in [-0.25, -0.2) is 14.3 Å². The van der Waals surface area contributed by atoms with E-state index >= 15 is 0 Å². The van der Waals surface area contributed by atoms with E-state index in [1.165, 1.54) is 23.1 Å². The Bertz CT molecular complexity index is 1620. The number of benzene rings is 2. The van der Waals surface area contributed by atoms with Crippen molar-refractivity contribution in [2.45, 2.75) is 52.2 Å². The third-order valence-electron chi connectivity index (χ3n) is 6.60. The molecule has 200 valence electrons. The summed E-state index contributed by atoms with van der Waals surface area (Å²) < 4.78 is 6.94. The van der Waals surface area contributed by atoms with Crippen molar-refractivity contribution in [3.05, 3.63) is 93.4 Å². The average Bonchev–Trinajstić information content (AvgIpc) is 3.49. The molecule has 2 amide bonds. The Hall–Kier alpha value is -4.24. The Morgan fingerprint density at radius 3 is 2.56 bits per heavy atom. The van der Waals surface area contributed by atoms with Crippen LogP contribution < -0.4 is 10.6 Å². The summed E-state index contributed by atoms with van der Waals surface area (Å²) >= 11 is 6.14. The van der Waals surface area contributed by atoms with Crippen molar-refractivity contribution in [3.8, 4) is 0 Å². The summed E-state index contributed by atoms with van der Waals surface area (Å²) in [5.41, 5.74) is 4.22. The fourth-order valence-corrected chi connectivity index (χ4v) is 4.91. The number of halogens is 1. The number of rotatable bonds is 5. The van der Waals surface area contributed by atoms with Crippen LogP contribution >= 0.6 is 11.6 Å². The number of nitrogens with zero attached hydrogens (tertiary/aromatic N) is 3. The monoisotopic (exact) mass is 545 g/mol. The number of anilines is 1. The molecule has 1 aliphatic carbocycles. The largest absolute Gasteiger partial charge is 0.456 e. The standard InChI is InChI=1S/C29H28ClN5O4/c1-16-18-11-12-23(20(18)10-9-19(16)28(38)39-29(2,3)4)33-26(36)17-13-31-25-21(14-32-35(25)15-17)27(37)34-24-8-6-5-7-22(24)30/h5-10,13-15,23H,11-12H2,1-4H3,(H,33,36)(H,34,37)/t23-/m0/s1. The fraction of sp³-hybridized carbons (Fsp3) is 0.276. The van der Waals surface area contributed by atoms with Crippen LogP contribution in [0.3, 0.4) is 0 Å². The second kappa shape index (κ2) is 10.1. The van der Waals surface area contributed by atoms with Gasteiger partial charge in [0.2, 0.25) is 0 Å². The van der Waals surface area contributed by atoms with Crippen LogP contribution in [-0.2, 0) is 11.2 Å². The van der Waals surface area contributed by atoms with E-state index in [4.69, 9.17) is 16.3 Å². The summed E-state index contributed by atoms with van der Waals surface area (Å²) in [4.78, 5) is 42.9. The smallest absolute Gasteiger partial charge is 0.338 e. The molecule has 0 bridgehead atoms. The van der Waals surface area contributed by atoms with Crippen molar-refractivity contribution in [1.82, 2.24) is 19.9 Å². The zero-order valence-electron chi connectivity index (χ0n) is 22.0. The van der Waals surface area contributed by atoms with Gasteiger partial charge >= 0.3 is 5.97 Å². The summed E-state index contributed by atoms with van der Waals surface area (Å²) in [7, 11) is 0. The van der Waals surface area contributed by atoms with Gasteiger partial charge in [0, 0.05) is 12.4 Å². The van der Waals surface area contributed by atoms with Crippen molar-refractivity contribution in [2.75, 3.05) is 5.32 Å². The summed E-state index contributed by atoms with van der Waals surface area (Å²) in [5.74, 6) is -1.08. The minimum Gasteiger partial charge on any atom is -0.456 e. The van der Waals surface area contributed by atoms with Crippen LogP contribution in [0.15, 0.2) is 55.0 Å². The first kappa shape index (κ1) is 26.4. The second-order valence-corrected chi connectivity index (χ2v) is 10.9. The summed E-state index contributed by atoms with van der Waals surface area (Å²) in [5, 5.41) is 10.5. The van der Waals surface area contributed by atoms with Crippen LogP contribution in [0.2, 0.25) is 5.02 Å². The van der Waals surface area contributed by atoms with Crippen LogP contribution in [0.4, 0.5) is 5.69 Å². The van der Waals surface area contributed by atoms with E-state index in [1.807, 2.05) is 33.8 Å². The predicted molar refractivity (Wildman–Crippen MR) is 147 cm³/mol. The maximum Gasteiger partial charge on any atom is 0.338 e. The number of carbonyl (C=O) groups excluding carboxylic acids is 3. The van der Waals surface area contributed by atoms with Crippen molar-refractivity contribution in [3.63, 3.8) is 0 Å². The van der Waals surface area contributed by atoms with Crippen LogP contribution in [0.25, 0.3) is 5.65 Å². The summed E-state index contributed by atoms with van der Waals surface area (Å²) in [6, 6.07) is 10.4. The topological polar surface area (TPSA) is 115 Å².